The van der Waals surface area contributed by atoms with Crippen LogP contribution in [0.4, 0.5) is 10.5 Å². The Morgan fingerprint density at radius 3 is 2.09 bits per heavy atom. The summed E-state index contributed by atoms with van der Waals surface area (Å²) in [7, 11) is 0. The Bertz CT molecular complexity index is 666. The number of primary amides is 1. The minimum atomic E-state index is -0.633. The minimum absolute atomic E-state index is 0.0629. The van der Waals surface area contributed by atoms with E-state index in [-0.39, 0.29) is 17.9 Å². The largest absolute Gasteiger partial charge is 0.351 e. The van der Waals surface area contributed by atoms with Gasteiger partial charge >= 0.3 is 6.03 Å². The number of amides is 3. The lowest BCUT2D eigenvalue weighted by molar-refractivity contribution is 0.0925. The molecule has 0 aromatic heterocycles. The molecule has 1 atom stereocenters. The molecule has 5 heteroatoms. The molecule has 1 unspecified atom stereocenters. The molecule has 120 valence electrons. The molecule has 0 aliphatic carbocycles. The molecule has 2 rings (SSSR count). The van der Waals surface area contributed by atoms with Crippen molar-refractivity contribution < 1.29 is 9.59 Å². The van der Waals surface area contributed by atoms with Crippen molar-refractivity contribution in [2.75, 3.05) is 5.32 Å². The van der Waals surface area contributed by atoms with Crippen molar-refractivity contribution in [1.29, 1.82) is 0 Å². The van der Waals surface area contributed by atoms with Gasteiger partial charge in [0, 0.05) is 11.3 Å². The summed E-state index contributed by atoms with van der Waals surface area (Å²) in [6.45, 7) is 4.13. The molecule has 0 saturated carbocycles. The summed E-state index contributed by atoms with van der Waals surface area (Å²) in [6.07, 6.45) is 0. The van der Waals surface area contributed by atoms with Gasteiger partial charge in [0.25, 0.3) is 5.91 Å². The number of rotatable bonds is 5. The number of hydrogen-bond acceptors (Lipinski definition) is 2. The van der Waals surface area contributed by atoms with E-state index in [1.807, 2.05) is 30.3 Å². The van der Waals surface area contributed by atoms with Gasteiger partial charge in [-0.05, 0) is 35.7 Å². The van der Waals surface area contributed by atoms with Crippen LogP contribution in [0, 0.1) is 5.92 Å². The van der Waals surface area contributed by atoms with Gasteiger partial charge in [0.2, 0.25) is 0 Å². The molecule has 0 spiro atoms. The lowest BCUT2D eigenvalue weighted by Gasteiger charge is -2.23. The smallest absolute Gasteiger partial charge is 0.316 e. The van der Waals surface area contributed by atoms with E-state index in [9.17, 15) is 9.59 Å². The van der Waals surface area contributed by atoms with Crippen LogP contribution in [0.25, 0.3) is 0 Å². The van der Waals surface area contributed by atoms with E-state index in [0.717, 1.165) is 5.56 Å². The Labute approximate surface area is 135 Å². The highest BCUT2D eigenvalue weighted by Gasteiger charge is 2.18. The maximum Gasteiger partial charge on any atom is 0.316 e. The van der Waals surface area contributed by atoms with Crippen molar-refractivity contribution >= 4 is 17.6 Å². The van der Waals surface area contributed by atoms with Gasteiger partial charge in [0.1, 0.15) is 0 Å². The molecule has 2 aromatic carbocycles. The lowest BCUT2D eigenvalue weighted by atomic mass is 9.95. The van der Waals surface area contributed by atoms with Crippen LogP contribution in [0.3, 0.4) is 0 Å². The van der Waals surface area contributed by atoms with Crippen molar-refractivity contribution in [3.05, 3.63) is 65.7 Å². The third-order valence-electron chi connectivity index (χ3n) is 3.53. The molecule has 0 aliphatic rings. The Morgan fingerprint density at radius 2 is 1.57 bits per heavy atom. The summed E-state index contributed by atoms with van der Waals surface area (Å²) in [5.41, 5.74) is 7.21. The second kappa shape index (κ2) is 7.45. The average molecular weight is 311 g/mol. The normalized spacial score (nSPS) is 11.8. The Hall–Kier alpha value is -2.82. The first-order valence-corrected chi connectivity index (χ1v) is 7.49. The first-order chi connectivity index (χ1) is 11.0. The predicted molar refractivity (Wildman–Crippen MR) is 91.1 cm³/mol. The fourth-order valence-electron chi connectivity index (χ4n) is 2.37. The van der Waals surface area contributed by atoms with Crippen molar-refractivity contribution in [2.24, 2.45) is 11.7 Å². The van der Waals surface area contributed by atoms with E-state index in [1.54, 1.807) is 24.3 Å². The molecular formula is C18H21N3O2. The number of nitrogens with one attached hydrogen (secondary N) is 2. The SMILES string of the molecule is CC(C)C(NC(=O)c1ccc(NC(N)=O)cc1)c1ccccc1. The van der Waals surface area contributed by atoms with Gasteiger partial charge in [-0.2, -0.15) is 0 Å². The zero-order valence-electron chi connectivity index (χ0n) is 13.2. The third-order valence-corrected chi connectivity index (χ3v) is 3.53. The number of nitrogens with two attached hydrogens (primary N) is 1. The standard InChI is InChI=1S/C18H21N3O2/c1-12(2)16(13-6-4-3-5-7-13)21-17(22)14-8-10-15(11-9-14)20-18(19)23/h3-12,16H,1-2H3,(H,21,22)(H3,19,20,23). The zero-order chi connectivity index (χ0) is 16.8. The van der Waals surface area contributed by atoms with Gasteiger partial charge in [-0.25, -0.2) is 4.79 Å². The quantitative estimate of drug-likeness (QED) is 0.791. The second-order valence-corrected chi connectivity index (χ2v) is 5.67. The van der Waals surface area contributed by atoms with Gasteiger partial charge in [0.15, 0.2) is 0 Å². The molecule has 0 aliphatic heterocycles. The number of carbonyl (C=O) groups excluding carboxylic acids is 2. The monoisotopic (exact) mass is 311 g/mol. The molecule has 4 N–H and O–H groups in total. The second-order valence-electron chi connectivity index (χ2n) is 5.67. The van der Waals surface area contributed by atoms with Crippen LogP contribution < -0.4 is 16.4 Å². The minimum Gasteiger partial charge on any atom is -0.351 e. The summed E-state index contributed by atoms with van der Waals surface area (Å²) >= 11 is 0. The lowest BCUT2D eigenvalue weighted by Crippen LogP contribution is -2.31. The molecule has 0 bridgehead atoms. The van der Waals surface area contributed by atoms with E-state index >= 15 is 0 Å². The van der Waals surface area contributed by atoms with Crippen LogP contribution in [-0.4, -0.2) is 11.9 Å². The molecular weight excluding hydrogens is 290 g/mol. The van der Waals surface area contributed by atoms with Gasteiger partial charge in [-0.1, -0.05) is 44.2 Å². The molecule has 0 fully saturated rings. The summed E-state index contributed by atoms with van der Waals surface area (Å²) in [5.74, 6) is 0.107. The van der Waals surface area contributed by atoms with Crippen molar-refractivity contribution in [1.82, 2.24) is 5.32 Å². The van der Waals surface area contributed by atoms with Gasteiger partial charge in [-0.3, -0.25) is 4.79 Å². The van der Waals surface area contributed by atoms with E-state index in [0.29, 0.717) is 11.3 Å². The van der Waals surface area contributed by atoms with Crippen molar-refractivity contribution in [3.63, 3.8) is 0 Å². The Morgan fingerprint density at radius 1 is 0.957 bits per heavy atom. The van der Waals surface area contributed by atoms with E-state index in [4.69, 9.17) is 5.73 Å². The van der Waals surface area contributed by atoms with E-state index in [2.05, 4.69) is 24.5 Å². The Balaban J connectivity index is 2.11. The number of carbonyl (C=O) groups is 2. The topological polar surface area (TPSA) is 84.2 Å². The highest BCUT2D eigenvalue weighted by atomic mass is 16.2. The summed E-state index contributed by atoms with van der Waals surface area (Å²) < 4.78 is 0. The number of hydrogen-bond donors (Lipinski definition) is 3. The maximum absolute atomic E-state index is 12.4. The van der Waals surface area contributed by atoms with Gasteiger partial charge in [-0.15, -0.1) is 0 Å². The fraction of sp³-hybridized carbons (Fsp3) is 0.222. The van der Waals surface area contributed by atoms with Gasteiger partial charge in [0.05, 0.1) is 6.04 Å². The maximum atomic E-state index is 12.4. The van der Waals surface area contributed by atoms with Crippen LogP contribution in [0.2, 0.25) is 0 Å². The highest BCUT2D eigenvalue weighted by molar-refractivity contribution is 5.95. The van der Waals surface area contributed by atoms with Crippen LogP contribution in [0.1, 0.15) is 35.8 Å². The van der Waals surface area contributed by atoms with E-state index < -0.39 is 6.03 Å². The Kier molecular flexibility index (Phi) is 5.36. The fourth-order valence-corrected chi connectivity index (χ4v) is 2.37. The first kappa shape index (κ1) is 16.5. The molecule has 0 radical (unpaired) electrons. The number of anilines is 1. The summed E-state index contributed by atoms with van der Waals surface area (Å²) in [5, 5.41) is 5.52. The predicted octanol–water partition coefficient (Wildman–Crippen LogP) is 3.30. The van der Waals surface area contributed by atoms with Crippen LogP contribution in [0.5, 0.6) is 0 Å². The molecule has 2 aromatic rings. The zero-order valence-corrected chi connectivity index (χ0v) is 13.2. The van der Waals surface area contributed by atoms with Crippen molar-refractivity contribution in [3.8, 4) is 0 Å². The molecule has 0 saturated heterocycles. The average Bonchev–Trinajstić information content (AvgIpc) is 2.53. The molecule has 5 nitrogen and oxygen atoms in total. The summed E-state index contributed by atoms with van der Waals surface area (Å²) in [6, 6.07) is 15.8. The molecule has 0 heterocycles. The highest BCUT2D eigenvalue weighted by Crippen LogP contribution is 2.22. The van der Waals surface area contributed by atoms with Crippen LogP contribution in [0.15, 0.2) is 54.6 Å². The van der Waals surface area contributed by atoms with Crippen LogP contribution in [-0.2, 0) is 0 Å². The summed E-state index contributed by atoms with van der Waals surface area (Å²) in [4.78, 5) is 23.2. The molecule has 3 amide bonds. The molecule has 23 heavy (non-hydrogen) atoms. The third kappa shape index (κ3) is 4.57. The number of urea groups is 1. The van der Waals surface area contributed by atoms with E-state index in [1.165, 1.54) is 0 Å². The van der Waals surface area contributed by atoms with Gasteiger partial charge < -0.3 is 16.4 Å². The number of benzene rings is 2. The van der Waals surface area contributed by atoms with Crippen molar-refractivity contribution in [2.45, 2.75) is 19.9 Å². The first-order valence-electron chi connectivity index (χ1n) is 7.49. The van der Waals surface area contributed by atoms with Crippen LogP contribution >= 0.6 is 0 Å².